The lowest BCUT2D eigenvalue weighted by Crippen LogP contribution is -1.93. The molecule has 0 saturated carbocycles. The van der Waals surface area contributed by atoms with Crippen LogP contribution in [0.3, 0.4) is 0 Å². The van der Waals surface area contributed by atoms with Crippen LogP contribution in [-0.2, 0) is 6.61 Å². The highest BCUT2D eigenvalue weighted by Gasteiger charge is 2.13. The number of halogens is 2. The van der Waals surface area contributed by atoms with E-state index in [4.69, 9.17) is 4.74 Å². The second-order valence-corrected chi connectivity index (χ2v) is 9.43. The molecule has 0 aliphatic heterocycles. The van der Waals surface area contributed by atoms with Gasteiger partial charge in [-0.2, -0.15) is 15.3 Å². The van der Waals surface area contributed by atoms with E-state index < -0.39 is 21.8 Å². The van der Waals surface area contributed by atoms with Gasteiger partial charge in [0.05, 0.1) is 0 Å². The third-order valence-electron chi connectivity index (χ3n) is 4.20. The Balaban J connectivity index is 1.56. The second-order valence-electron chi connectivity index (χ2n) is 6.12. The van der Waals surface area contributed by atoms with Crippen molar-refractivity contribution in [2.45, 2.75) is 21.3 Å². The number of thiol groups is 1. The van der Waals surface area contributed by atoms with Crippen molar-refractivity contribution in [2.75, 3.05) is 0 Å². The summed E-state index contributed by atoms with van der Waals surface area (Å²) in [5.74, 6) is -0.149. The fraction of sp³-hybridized carbons (Fsp3) is 0.0435. The SMILES string of the molecule is Fc1cc(COc2ccc([SH](c3ccccc3)c3ccccc3)cc2)sc1F. The van der Waals surface area contributed by atoms with Gasteiger partial charge >= 0.3 is 0 Å². The minimum absolute atomic E-state index is 0.150. The first-order valence-electron chi connectivity index (χ1n) is 8.77. The summed E-state index contributed by atoms with van der Waals surface area (Å²) in [5, 5.41) is -0.801. The third-order valence-corrected chi connectivity index (χ3v) is 7.52. The number of rotatable bonds is 6. The van der Waals surface area contributed by atoms with Crippen molar-refractivity contribution in [3.8, 4) is 5.75 Å². The molecular formula is C23H18F2OS2. The molecule has 4 rings (SSSR count). The predicted octanol–water partition coefficient (Wildman–Crippen LogP) is 7.08. The van der Waals surface area contributed by atoms with Crippen molar-refractivity contribution in [2.24, 2.45) is 0 Å². The maximum Gasteiger partial charge on any atom is 0.212 e. The van der Waals surface area contributed by atoms with E-state index in [-0.39, 0.29) is 6.61 Å². The Hall–Kier alpha value is -2.63. The van der Waals surface area contributed by atoms with Gasteiger partial charge in [0, 0.05) is 4.88 Å². The summed E-state index contributed by atoms with van der Waals surface area (Å²) in [6, 6.07) is 30.0. The lowest BCUT2D eigenvalue weighted by molar-refractivity contribution is 0.309. The first-order valence-corrected chi connectivity index (χ1v) is 10.9. The average molecular weight is 413 g/mol. The number of ether oxygens (including phenoxy) is 1. The highest BCUT2D eigenvalue weighted by molar-refractivity contribution is 8.17. The van der Waals surface area contributed by atoms with Crippen LogP contribution in [-0.4, -0.2) is 0 Å². The van der Waals surface area contributed by atoms with Crippen molar-refractivity contribution in [3.05, 3.63) is 107 Å². The molecule has 0 unspecified atom stereocenters. The van der Waals surface area contributed by atoms with E-state index in [0.717, 1.165) is 11.3 Å². The molecule has 0 saturated heterocycles. The largest absolute Gasteiger partial charge is 0.488 e. The number of hydrogen-bond donors (Lipinski definition) is 1. The highest BCUT2D eigenvalue weighted by atomic mass is 32.2. The molecule has 28 heavy (non-hydrogen) atoms. The normalized spacial score (nSPS) is 11.3. The van der Waals surface area contributed by atoms with E-state index in [9.17, 15) is 8.78 Å². The van der Waals surface area contributed by atoms with Crippen LogP contribution in [0.1, 0.15) is 4.88 Å². The van der Waals surface area contributed by atoms with Gasteiger partial charge in [0.25, 0.3) is 0 Å². The van der Waals surface area contributed by atoms with Gasteiger partial charge in [0.15, 0.2) is 5.82 Å². The van der Waals surface area contributed by atoms with E-state index >= 15 is 0 Å². The average Bonchev–Trinajstić information content (AvgIpc) is 3.07. The number of benzene rings is 3. The predicted molar refractivity (Wildman–Crippen MR) is 112 cm³/mol. The van der Waals surface area contributed by atoms with Crippen LogP contribution in [0.15, 0.2) is 106 Å². The lowest BCUT2D eigenvalue weighted by Gasteiger charge is -2.23. The van der Waals surface area contributed by atoms with Gasteiger partial charge in [-0.25, -0.2) is 4.39 Å². The Bertz CT molecular complexity index is 972. The smallest absolute Gasteiger partial charge is 0.212 e. The molecule has 4 aromatic rings. The van der Waals surface area contributed by atoms with Crippen LogP contribution >= 0.6 is 22.2 Å². The van der Waals surface area contributed by atoms with E-state index in [0.29, 0.717) is 10.6 Å². The molecular weight excluding hydrogens is 394 g/mol. The Labute approximate surface area is 169 Å². The quantitative estimate of drug-likeness (QED) is 0.333. The minimum Gasteiger partial charge on any atom is -0.488 e. The standard InChI is InChI=1S/C23H18F2OS2/c24-22-15-18(27-23(22)25)16-26-17-11-13-21(14-12-17)28(19-7-3-1-4-8-19)20-9-5-2-6-10-20/h1-15,28H,16H2. The number of hydrogen-bond acceptors (Lipinski definition) is 2. The first kappa shape index (κ1) is 18.7. The van der Waals surface area contributed by atoms with E-state index in [1.807, 2.05) is 24.3 Å². The molecule has 3 aromatic carbocycles. The van der Waals surface area contributed by atoms with E-state index in [1.165, 1.54) is 20.8 Å². The molecule has 1 nitrogen and oxygen atoms in total. The van der Waals surface area contributed by atoms with Crippen LogP contribution < -0.4 is 4.74 Å². The lowest BCUT2D eigenvalue weighted by atomic mass is 10.3. The molecule has 5 heteroatoms. The van der Waals surface area contributed by atoms with Gasteiger partial charge < -0.3 is 4.74 Å². The van der Waals surface area contributed by atoms with Crippen molar-refractivity contribution in [3.63, 3.8) is 0 Å². The van der Waals surface area contributed by atoms with Gasteiger partial charge in [-0.15, -0.1) is 11.3 Å². The summed E-state index contributed by atoms with van der Waals surface area (Å²) in [4.78, 5) is 4.30. The van der Waals surface area contributed by atoms with E-state index in [2.05, 4.69) is 60.7 Å². The Kier molecular flexibility index (Phi) is 5.74. The molecule has 0 bridgehead atoms. The van der Waals surface area contributed by atoms with Crippen molar-refractivity contribution in [1.82, 2.24) is 0 Å². The molecule has 0 spiro atoms. The maximum absolute atomic E-state index is 13.1. The zero-order valence-electron chi connectivity index (χ0n) is 14.9. The highest BCUT2D eigenvalue weighted by Crippen LogP contribution is 2.51. The molecule has 0 amide bonds. The van der Waals surface area contributed by atoms with Crippen LogP contribution in [0.25, 0.3) is 0 Å². The summed E-state index contributed by atoms with van der Waals surface area (Å²) >= 11 is 0.773. The van der Waals surface area contributed by atoms with Gasteiger partial charge in [-0.05, 0) is 69.3 Å². The minimum atomic E-state index is -0.824. The maximum atomic E-state index is 13.1. The summed E-state index contributed by atoms with van der Waals surface area (Å²) in [6.07, 6.45) is 0. The molecule has 0 aliphatic rings. The Morgan fingerprint density at radius 3 is 1.75 bits per heavy atom. The van der Waals surface area contributed by atoms with Crippen LogP contribution in [0.5, 0.6) is 5.75 Å². The van der Waals surface area contributed by atoms with Gasteiger partial charge in [0.2, 0.25) is 5.13 Å². The van der Waals surface area contributed by atoms with Crippen molar-refractivity contribution >= 4 is 22.2 Å². The molecule has 0 atom stereocenters. The van der Waals surface area contributed by atoms with E-state index in [1.54, 1.807) is 0 Å². The summed E-state index contributed by atoms with van der Waals surface area (Å²) in [5.41, 5.74) is 0. The van der Waals surface area contributed by atoms with Crippen molar-refractivity contribution in [1.29, 1.82) is 0 Å². The molecule has 1 heterocycles. The fourth-order valence-electron chi connectivity index (χ4n) is 2.91. The second kappa shape index (κ2) is 8.59. The van der Waals surface area contributed by atoms with Gasteiger partial charge in [0.1, 0.15) is 12.4 Å². The Morgan fingerprint density at radius 1 is 0.714 bits per heavy atom. The van der Waals surface area contributed by atoms with Crippen LogP contribution in [0.4, 0.5) is 8.78 Å². The zero-order valence-corrected chi connectivity index (χ0v) is 16.6. The van der Waals surface area contributed by atoms with Gasteiger partial charge in [-0.1, -0.05) is 36.4 Å². The topological polar surface area (TPSA) is 9.23 Å². The molecule has 142 valence electrons. The summed E-state index contributed by atoms with van der Waals surface area (Å²) in [6.45, 7) is 0.150. The molecule has 0 radical (unpaired) electrons. The Morgan fingerprint density at radius 2 is 1.25 bits per heavy atom. The summed E-state index contributed by atoms with van der Waals surface area (Å²) in [7, 11) is -0.665. The van der Waals surface area contributed by atoms with Crippen molar-refractivity contribution < 1.29 is 13.5 Å². The first-order chi connectivity index (χ1) is 13.7. The number of thiophene rings is 1. The zero-order chi connectivity index (χ0) is 19.3. The van der Waals surface area contributed by atoms with Crippen LogP contribution in [0.2, 0.25) is 0 Å². The third kappa shape index (κ3) is 4.26. The van der Waals surface area contributed by atoms with Crippen LogP contribution in [0, 0.1) is 10.9 Å². The molecule has 0 fully saturated rings. The van der Waals surface area contributed by atoms with Gasteiger partial charge in [-0.3, -0.25) is 0 Å². The monoisotopic (exact) mass is 412 g/mol. The molecule has 1 aromatic heterocycles. The molecule has 0 N–H and O–H groups in total. The fourth-order valence-corrected chi connectivity index (χ4v) is 5.86. The molecule has 0 aliphatic carbocycles. The summed E-state index contributed by atoms with van der Waals surface area (Å²) < 4.78 is 31.9.